The van der Waals surface area contributed by atoms with Gasteiger partial charge in [-0.05, 0) is 34.6 Å². The maximum absolute atomic E-state index is 13.0. The molecule has 10 nitrogen and oxygen atoms in total. The van der Waals surface area contributed by atoms with Crippen LogP contribution in [-0.2, 0) is 20.0 Å². The summed E-state index contributed by atoms with van der Waals surface area (Å²) in [7, 11) is -7.67. The summed E-state index contributed by atoms with van der Waals surface area (Å²) in [6, 6.07) is -0.562. The number of nitrogens with zero attached hydrogens (tertiary/aromatic N) is 4. The molecular weight excluding hydrogens is 396 g/mol. The highest BCUT2D eigenvalue weighted by atomic mass is 32.2. The molecule has 1 atom stereocenters. The third-order valence-corrected chi connectivity index (χ3v) is 9.00. The van der Waals surface area contributed by atoms with Crippen LogP contribution < -0.4 is 0 Å². The number of hydrogen-bond donors (Lipinski definition) is 0. The van der Waals surface area contributed by atoms with E-state index in [1.165, 1.54) is 22.5 Å². The van der Waals surface area contributed by atoms with Gasteiger partial charge in [0.15, 0.2) is 11.5 Å². The van der Waals surface area contributed by atoms with Gasteiger partial charge in [0.25, 0.3) is 0 Å². The third-order valence-electron chi connectivity index (χ3n) is 4.63. The molecule has 1 aliphatic rings. The van der Waals surface area contributed by atoms with E-state index in [0.717, 1.165) is 0 Å². The lowest BCUT2D eigenvalue weighted by Gasteiger charge is -2.38. The van der Waals surface area contributed by atoms with Gasteiger partial charge in [0.2, 0.25) is 20.0 Å². The molecule has 1 saturated heterocycles. The van der Waals surface area contributed by atoms with Crippen molar-refractivity contribution < 1.29 is 25.9 Å². The van der Waals surface area contributed by atoms with E-state index in [0.29, 0.717) is 0 Å². The van der Waals surface area contributed by atoms with E-state index in [-0.39, 0.29) is 52.3 Å². The Morgan fingerprint density at radius 2 is 1.33 bits per heavy atom. The highest BCUT2D eigenvalue weighted by Gasteiger charge is 2.41. The summed E-state index contributed by atoms with van der Waals surface area (Å²) >= 11 is 0. The maximum atomic E-state index is 13.0. The fourth-order valence-electron chi connectivity index (χ4n) is 3.42. The molecule has 12 heteroatoms. The SMILES string of the molecule is Cc1noc(C)c1S(=O)(=O)N1CCN(S(=O)(=O)c2c(C)noc2C)C(C)C1. The summed E-state index contributed by atoms with van der Waals surface area (Å²) in [5, 5.41) is 7.40. The largest absolute Gasteiger partial charge is 0.360 e. The zero-order valence-corrected chi connectivity index (χ0v) is 17.4. The highest BCUT2D eigenvalue weighted by molar-refractivity contribution is 7.89. The maximum Gasteiger partial charge on any atom is 0.248 e. The van der Waals surface area contributed by atoms with Gasteiger partial charge < -0.3 is 9.05 Å². The highest BCUT2D eigenvalue weighted by Crippen LogP contribution is 2.29. The van der Waals surface area contributed by atoms with Gasteiger partial charge >= 0.3 is 0 Å². The van der Waals surface area contributed by atoms with Crippen LogP contribution in [0.5, 0.6) is 0 Å². The molecule has 0 aromatic carbocycles. The quantitative estimate of drug-likeness (QED) is 0.719. The normalized spacial score (nSPS) is 20.3. The predicted molar refractivity (Wildman–Crippen MR) is 94.1 cm³/mol. The molecule has 1 unspecified atom stereocenters. The van der Waals surface area contributed by atoms with Crippen LogP contribution in [0.2, 0.25) is 0 Å². The van der Waals surface area contributed by atoms with Gasteiger partial charge in [-0.15, -0.1) is 0 Å². The van der Waals surface area contributed by atoms with Crippen LogP contribution in [0.1, 0.15) is 29.8 Å². The molecule has 2 aromatic rings. The van der Waals surface area contributed by atoms with Crippen molar-refractivity contribution in [2.45, 2.75) is 50.5 Å². The molecule has 1 aliphatic heterocycles. The van der Waals surface area contributed by atoms with Crippen LogP contribution in [0.15, 0.2) is 18.8 Å². The first-order valence-electron chi connectivity index (χ1n) is 8.35. The smallest absolute Gasteiger partial charge is 0.248 e. The summed E-state index contributed by atoms with van der Waals surface area (Å²) < 4.78 is 64.5. The van der Waals surface area contributed by atoms with Crippen molar-refractivity contribution in [3.05, 3.63) is 22.9 Å². The van der Waals surface area contributed by atoms with E-state index in [9.17, 15) is 16.8 Å². The van der Waals surface area contributed by atoms with Gasteiger partial charge in [0, 0.05) is 25.7 Å². The summed E-state index contributed by atoms with van der Waals surface area (Å²) in [5.41, 5.74) is 0.566. The van der Waals surface area contributed by atoms with E-state index in [4.69, 9.17) is 9.05 Å². The molecular formula is C15H22N4O6S2. The zero-order chi connectivity index (χ0) is 20.1. The second-order valence-electron chi connectivity index (χ2n) is 6.63. The Hall–Kier alpha value is -1.76. The first kappa shape index (κ1) is 20.0. The average molecular weight is 418 g/mol. The fraction of sp³-hybridized carbons (Fsp3) is 0.600. The molecule has 0 aliphatic carbocycles. The predicted octanol–water partition coefficient (Wildman–Crippen LogP) is 0.980. The van der Waals surface area contributed by atoms with Gasteiger partial charge in [-0.1, -0.05) is 10.3 Å². The molecule has 0 amide bonds. The van der Waals surface area contributed by atoms with Crippen molar-refractivity contribution in [1.29, 1.82) is 0 Å². The second kappa shape index (κ2) is 6.69. The van der Waals surface area contributed by atoms with Crippen molar-refractivity contribution in [3.8, 4) is 0 Å². The summed E-state index contributed by atoms with van der Waals surface area (Å²) in [6.07, 6.45) is 0. The number of aryl methyl sites for hydroxylation is 4. The Morgan fingerprint density at radius 3 is 1.74 bits per heavy atom. The van der Waals surface area contributed by atoms with Crippen molar-refractivity contribution in [2.75, 3.05) is 19.6 Å². The molecule has 2 aromatic heterocycles. The summed E-state index contributed by atoms with van der Waals surface area (Å²) in [6.45, 7) is 7.94. The standard InChI is InChI=1S/C15H22N4O6S2/c1-9-8-18(26(20,21)14-10(2)16-24-12(14)4)6-7-19(9)27(22,23)15-11(3)17-25-13(15)5/h9H,6-8H2,1-5H3. The number of sulfonamides is 2. The van der Waals surface area contributed by atoms with E-state index < -0.39 is 26.1 Å². The monoisotopic (exact) mass is 418 g/mol. The Kier molecular flexibility index (Phi) is 4.95. The number of aromatic nitrogens is 2. The minimum atomic E-state index is -3.84. The summed E-state index contributed by atoms with van der Waals surface area (Å²) in [5.74, 6) is 0.427. The van der Waals surface area contributed by atoms with Crippen LogP contribution >= 0.6 is 0 Å². The van der Waals surface area contributed by atoms with E-state index in [1.54, 1.807) is 20.8 Å². The zero-order valence-electron chi connectivity index (χ0n) is 15.8. The fourth-order valence-corrected chi connectivity index (χ4v) is 7.13. The number of piperazine rings is 1. The molecule has 150 valence electrons. The third kappa shape index (κ3) is 3.20. The number of rotatable bonds is 4. The molecule has 1 fully saturated rings. The Balaban J connectivity index is 1.89. The van der Waals surface area contributed by atoms with E-state index in [2.05, 4.69) is 10.3 Å². The van der Waals surface area contributed by atoms with Gasteiger partial charge in [-0.3, -0.25) is 0 Å². The van der Waals surface area contributed by atoms with E-state index >= 15 is 0 Å². The minimum absolute atomic E-state index is 0.0228. The Morgan fingerprint density at radius 1 is 0.852 bits per heavy atom. The molecule has 0 radical (unpaired) electrons. The van der Waals surface area contributed by atoms with Crippen LogP contribution in [0.3, 0.4) is 0 Å². The second-order valence-corrected chi connectivity index (χ2v) is 10.3. The Bertz CT molecular complexity index is 1030. The molecule has 0 spiro atoms. The molecule has 0 bridgehead atoms. The molecule has 3 rings (SSSR count). The Labute approximate surface area is 158 Å². The van der Waals surface area contributed by atoms with Gasteiger partial charge in [0.05, 0.1) is 0 Å². The van der Waals surface area contributed by atoms with Crippen molar-refractivity contribution in [2.24, 2.45) is 0 Å². The van der Waals surface area contributed by atoms with Crippen LogP contribution in [0.4, 0.5) is 0 Å². The lowest BCUT2D eigenvalue weighted by molar-refractivity contribution is 0.212. The lowest BCUT2D eigenvalue weighted by Crippen LogP contribution is -2.55. The minimum Gasteiger partial charge on any atom is -0.360 e. The lowest BCUT2D eigenvalue weighted by atomic mass is 10.3. The van der Waals surface area contributed by atoms with Gasteiger partial charge in [0.1, 0.15) is 21.2 Å². The van der Waals surface area contributed by atoms with E-state index in [1.807, 2.05) is 0 Å². The van der Waals surface area contributed by atoms with Crippen molar-refractivity contribution in [3.63, 3.8) is 0 Å². The first-order valence-corrected chi connectivity index (χ1v) is 11.2. The first-order chi connectivity index (χ1) is 12.5. The van der Waals surface area contributed by atoms with Gasteiger partial charge in [-0.25, -0.2) is 16.8 Å². The number of hydrogen-bond acceptors (Lipinski definition) is 8. The average Bonchev–Trinajstić information content (AvgIpc) is 3.09. The van der Waals surface area contributed by atoms with Gasteiger partial charge in [-0.2, -0.15) is 8.61 Å². The van der Waals surface area contributed by atoms with Crippen LogP contribution in [-0.4, -0.2) is 61.4 Å². The topological polar surface area (TPSA) is 127 Å². The van der Waals surface area contributed by atoms with Crippen molar-refractivity contribution >= 4 is 20.0 Å². The van der Waals surface area contributed by atoms with Crippen LogP contribution in [0.25, 0.3) is 0 Å². The van der Waals surface area contributed by atoms with Crippen LogP contribution in [0, 0.1) is 27.7 Å². The molecule has 27 heavy (non-hydrogen) atoms. The van der Waals surface area contributed by atoms with Crippen molar-refractivity contribution in [1.82, 2.24) is 18.9 Å². The summed E-state index contributed by atoms with van der Waals surface area (Å²) in [4.78, 5) is 0.0770. The molecule has 3 heterocycles. The molecule has 0 saturated carbocycles. The molecule has 0 N–H and O–H groups in total.